The predicted octanol–water partition coefficient (Wildman–Crippen LogP) is 6.81. The van der Waals surface area contributed by atoms with Gasteiger partial charge in [0.2, 0.25) is 0 Å². The number of thioether (sulfide) groups is 1. The van der Waals surface area contributed by atoms with Gasteiger partial charge in [-0.1, -0.05) is 11.6 Å². The van der Waals surface area contributed by atoms with Crippen molar-refractivity contribution in [3.63, 3.8) is 0 Å². The molecule has 5 atom stereocenters. The summed E-state index contributed by atoms with van der Waals surface area (Å²) < 4.78 is 52.1. The number of hydrogen-bond donors (Lipinski definition) is 1. The first-order chi connectivity index (χ1) is 16.4. The number of rotatable bonds is 6. The smallest absolute Gasteiger partial charge is 0.255 e. The van der Waals surface area contributed by atoms with Crippen LogP contribution in [0.1, 0.15) is 48.9 Å². The topological polar surface area (TPSA) is 47.6 Å². The lowest BCUT2D eigenvalue weighted by atomic mass is 9.86. The van der Waals surface area contributed by atoms with Gasteiger partial charge in [0.15, 0.2) is 23.7 Å². The average Bonchev–Trinajstić information content (AvgIpc) is 3.39. The van der Waals surface area contributed by atoms with Crippen LogP contribution in [0.3, 0.4) is 0 Å². The van der Waals surface area contributed by atoms with Crippen LogP contribution in [-0.2, 0) is 9.47 Å². The minimum Gasteiger partial charge on any atom is -0.353 e. The van der Waals surface area contributed by atoms with Gasteiger partial charge in [-0.25, -0.2) is 13.2 Å². The fourth-order valence-electron chi connectivity index (χ4n) is 5.31. The molecule has 2 saturated carbocycles. The van der Waals surface area contributed by atoms with Crippen LogP contribution in [-0.4, -0.2) is 30.2 Å². The van der Waals surface area contributed by atoms with E-state index >= 15 is 0 Å². The standard InChI is InChI=1S/C25H25ClF3NO3S/c26-18-6-5-15(25(31)30-16-11-19(27)23(29)20(28)12-16)10-21(18)34-17-8-13-3-4-14(9-17)24(13)33-22-2-1-7-32-22/h5-6,10-14,17,22,24H,1-4,7-9H2,(H,30,31)/t13-,14?,17?,22?,24?/m0/s1. The van der Waals surface area contributed by atoms with Gasteiger partial charge in [-0.3, -0.25) is 4.79 Å². The van der Waals surface area contributed by atoms with Crippen molar-refractivity contribution < 1.29 is 27.4 Å². The maximum Gasteiger partial charge on any atom is 0.255 e. The zero-order valence-electron chi connectivity index (χ0n) is 18.4. The van der Waals surface area contributed by atoms with Gasteiger partial charge >= 0.3 is 0 Å². The van der Waals surface area contributed by atoms with Crippen molar-refractivity contribution in [3.05, 3.63) is 58.4 Å². The van der Waals surface area contributed by atoms with Gasteiger partial charge in [-0.05, 0) is 62.1 Å². The fourth-order valence-corrected chi connectivity index (χ4v) is 6.98. The molecule has 34 heavy (non-hydrogen) atoms. The molecule has 0 radical (unpaired) electrons. The molecule has 4 nitrogen and oxygen atoms in total. The molecule has 1 saturated heterocycles. The molecule has 4 unspecified atom stereocenters. The number of nitrogens with one attached hydrogen (secondary N) is 1. The third-order valence-electron chi connectivity index (χ3n) is 6.89. The molecule has 3 aliphatic rings. The second-order valence-corrected chi connectivity index (χ2v) is 11.0. The van der Waals surface area contributed by atoms with Crippen molar-refractivity contribution in [3.8, 4) is 0 Å². The lowest BCUT2D eigenvalue weighted by Crippen LogP contribution is -2.36. The number of halogens is 4. The van der Waals surface area contributed by atoms with Crippen molar-refractivity contribution in [2.24, 2.45) is 11.8 Å². The van der Waals surface area contributed by atoms with Crippen molar-refractivity contribution in [1.82, 2.24) is 0 Å². The second kappa shape index (κ2) is 10.1. The Bertz CT molecular complexity index is 1040. The number of amides is 1. The maximum atomic E-state index is 13.5. The number of hydrogen-bond acceptors (Lipinski definition) is 4. The Morgan fingerprint density at radius 2 is 1.76 bits per heavy atom. The molecule has 1 amide bonds. The molecule has 3 fully saturated rings. The van der Waals surface area contributed by atoms with Crippen LogP contribution in [0.5, 0.6) is 0 Å². The molecule has 5 rings (SSSR count). The average molecular weight is 512 g/mol. The number of carbonyl (C=O) groups excluding carboxylic acids is 1. The van der Waals surface area contributed by atoms with Crippen LogP contribution >= 0.6 is 23.4 Å². The van der Waals surface area contributed by atoms with E-state index < -0.39 is 23.4 Å². The molecule has 0 spiro atoms. The zero-order chi connectivity index (χ0) is 23.8. The Hall–Kier alpha value is -1.74. The van der Waals surface area contributed by atoms with Crippen LogP contribution in [0, 0.1) is 29.3 Å². The molecule has 2 aliphatic carbocycles. The summed E-state index contributed by atoms with van der Waals surface area (Å²) in [6.45, 7) is 0.776. The van der Waals surface area contributed by atoms with Gasteiger partial charge in [-0.15, -0.1) is 11.8 Å². The Balaban J connectivity index is 1.24. The van der Waals surface area contributed by atoms with Gasteiger partial charge in [0.1, 0.15) is 0 Å². The van der Waals surface area contributed by atoms with Crippen LogP contribution < -0.4 is 5.32 Å². The fraction of sp³-hybridized carbons (Fsp3) is 0.480. The molecular formula is C25H25ClF3NO3S. The number of benzene rings is 2. The SMILES string of the molecule is O=C(Nc1cc(F)c(F)c(F)c1)c1ccc(Cl)c(SC2CC3CC[C@@H](C2)C3OC2CCCO2)c1. The Kier molecular flexibility index (Phi) is 7.12. The van der Waals surface area contributed by atoms with Crippen molar-refractivity contribution in [2.45, 2.75) is 61.1 Å². The van der Waals surface area contributed by atoms with E-state index in [-0.39, 0.29) is 18.1 Å². The van der Waals surface area contributed by atoms with E-state index in [1.165, 1.54) is 0 Å². The Morgan fingerprint density at radius 3 is 2.41 bits per heavy atom. The van der Waals surface area contributed by atoms with Gasteiger partial charge in [0.05, 0.1) is 11.1 Å². The maximum absolute atomic E-state index is 13.5. The quantitative estimate of drug-likeness (QED) is 0.433. The van der Waals surface area contributed by atoms with Crippen molar-refractivity contribution >= 4 is 35.0 Å². The van der Waals surface area contributed by atoms with Crippen molar-refractivity contribution in [2.75, 3.05) is 11.9 Å². The van der Waals surface area contributed by atoms with Crippen LogP contribution in [0.15, 0.2) is 35.2 Å². The van der Waals surface area contributed by atoms with E-state index in [1.807, 2.05) is 0 Å². The molecule has 182 valence electrons. The molecule has 9 heteroatoms. The molecule has 2 aromatic carbocycles. The first-order valence-corrected chi connectivity index (χ1v) is 12.8. The molecule has 2 bridgehead atoms. The number of carbonyl (C=O) groups is 1. The van der Waals surface area contributed by atoms with E-state index in [4.69, 9.17) is 21.1 Å². The summed E-state index contributed by atoms with van der Waals surface area (Å²) in [5.41, 5.74) is 0.141. The molecule has 0 aromatic heterocycles. The largest absolute Gasteiger partial charge is 0.353 e. The normalized spacial score (nSPS) is 28.3. The summed E-state index contributed by atoms with van der Waals surface area (Å²) in [6, 6.07) is 6.37. The number of ether oxygens (including phenoxy) is 2. The lowest BCUT2D eigenvalue weighted by Gasteiger charge is -2.36. The molecule has 2 aromatic rings. The summed E-state index contributed by atoms with van der Waals surface area (Å²) in [4.78, 5) is 13.5. The minimum atomic E-state index is -1.58. The van der Waals surface area contributed by atoms with E-state index in [0.29, 0.717) is 27.7 Å². The lowest BCUT2D eigenvalue weighted by molar-refractivity contribution is -0.168. The Labute approximate surface area is 205 Å². The predicted molar refractivity (Wildman–Crippen MR) is 125 cm³/mol. The highest BCUT2D eigenvalue weighted by Gasteiger charge is 2.45. The first kappa shape index (κ1) is 24.0. The van der Waals surface area contributed by atoms with Gasteiger partial charge in [0, 0.05) is 46.6 Å². The van der Waals surface area contributed by atoms with Crippen LogP contribution in [0.4, 0.5) is 18.9 Å². The molecule has 1 N–H and O–H groups in total. The number of fused-ring (bicyclic) bond motifs is 2. The zero-order valence-corrected chi connectivity index (χ0v) is 19.9. The van der Waals surface area contributed by atoms with Crippen LogP contribution in [0.2, 0.25) is 5.02 Å². The molecule has 1 aliphatic heterocycles. The van der Waals surface area contributed by atoms with Gasteiger partial charge in [0.25, 0.3) is 5.91 Å². The Morgan fingerprint density at radius 1 is 1.06 bits per heavy atom. The summed E-state index contributed by atoms with van der Waals surface area (Å²) in [7, 11) is 0. The van der Waals surface area contributed by atoms with E-state index in [0.717, 1.165) is 62.2 Å². The summed E-state index contributed by atoms with van der Waals surface area (Å²) >= 11 is 8.09. The van der Waals surface area contributed by atoms with Gasteiger partial charge < -0.3 is 14.8 Å². The van der Waals surface area contributed by atoms with E-state index in [2.05, 4.69) is 5.32 Å². The highest BCUT2D eigenvalue weighted by atomic mass is 35.5. The summed E-state index contributed by atoms with van der Waals surface area (Å²) in [5.74, 6) is -3.87. The minimum absolute atomic E-state index is 0.0648. The van der Waals surface area contributed by atoms with E-state index in [1.54, 1.807) is 30.0 Å². The van der Waals surface area contributed by atoms with E-state index in [9.17, 15) is 18.0 Å². The monoisotopic (exact) mass is 511 g/mol. The summed E-state index contributed by atoms with van der Waals surface area (Å²) in [5, 5.41) is 3.32. The molecule has 1 heterocycles. The third kappa shape index (κ3) is 5.10. The van der Waals surface area contributed by atoms with Crippen LogP contribution in [0.25, 0.3) is 0 Å². The first-order valence-electron chi connectivity index (χ1n) is 11.6. The third-order valence-corrected chi connectivity index (χ3v) is 8.65. The number of anilines is 1. The van der Waals surface area contributed by atoms with Gasteiger partial charge in [-0.2, -0.15) is 0 Å². The highest BCUT2D eigenvalue weighted by Crippen LogP contribution is 2.50. The second-order valence-electron chi connectivity index (χ2n) is 9.21. The van der Waals surface area contributed by atoms with Crippen molar-refractivity contribution in [1.29, 1.82) is 0 Å². The summed E-state index contributed by atoms with van der Waals surface area (Å²) in [6.07, 6.45) is 6.54. The highest BCUT2D eigenvalue weighted by molar-refractivity contribution is 8.00. The molecular weight excluding hydrogens is 487 g/mol.